The van der Waals surface area contributed by atoms with Crippen LogP contribution in [0.25, 0.3) is 0 Å². The minimum Gasteiger partial charge on any atom is -0.294 e. The number of hydrogen-bond acceptors (Lipinski definition) is 3. The molecule has 0 spiro atoms. The highest BCUT2D eigenvalue weighted by Crippen LogP contribution is 2.37. The van der Waals surface area contributed by atoms with Crippen LogP contribution in [0.3, 0.4) is 0 Å². The van der Waals surface area contributed by atoms with Crippen molar-refractivity contribution in [3.05, 3.63) is 69.7 Å². The van der Waals surface area contributed by atoms with Crippen molar-refractivity contribution in [2.24, 2.45) is 11.0 Å². The van der Waals surface area contributed by atoms with Crippen LogP contribution in [0, 0.1) is 5.92 Å². The van der Waals surface area contributed by atoms with E-state index in [4.69, 9.17) is 28.3 Å². The van der Waals surface area contributed by atoms with Crippen molar-refractivity contribution in [3.63, 3.8) is 0 Å². The maximum absolute atomic E-state index is 13.3. The molecule has 2 aliphatic heterocycles. The molecule has 2 aromatic carbocycles. The Morgan fingerprint density at radius 2 is 1.69 bits per heavy atom. The zero-order valence-electron chi connectivity index (χ0n) is 16.5. The Labute approximate surface area is 182 Å². The van der Waals surface area contributed by atoms with Gasteiger partial charge in [0.2, 0.25) is 0 Å². The van der Waals surface area contributed by atoms with E-state index < -0.39 is 0 Å². The van der Waals surface area contributed by atoms with Crippen LogP contribution >= 0.6 is 23.2 Å². The minimum atomic E-state index is -0.216. The fourth-order valence-corrected chi connectivity index (χ4v) is 4.58. The lowest BCUT2D eigenvalue weighted by Crippen LogP contribution is -2.41. The zero-order valence-corrected chi connectivity index (χ0v) is 18.0. The molecule has 1 atom stereocenters. The summed E-state index contributed by atoms with van der Waals surface area (Å²) in [5.74, 6) is 0.736. The molecule has 4 nitrogen and oxygen atoms in total. The summed E-state index contributed by atoms with van der Waals surface area (Å²) in [7, 11) is 0. The average molecular weight is 430 g/mol. The van der Waals surface area contributed by atoms with E-state index in [-0.39, 0.29) is 11.9 Å². The molecule has 0 aromatic heterocycles. The van der Waals surface area contributed by atoms with Gasteiger partial charge in [0, 0.05) is 22.0 Å². The third-order valence-corrected chi connectivity index (χ3v) is 6.52. The number of halogens is 2. The lowest BCUT2D eigenvalue weighted by Gasteiger charge is -2.31. The number of amides is 1. The van der Waals surface area contributed by atoms with E-state index >= 15 is 0 Å². The van der Waals surface area contributed by atoms with Crippen LogP contribution in [0.15, 0.2) is 53.6 Å². The molecule has 1 unspecified atom stereocenters. The number of piperidine rings is 1. The van der Waals surface area contributed by atoms with Crippen molar-refractivity contribution in [1.29, 1.82) is 0 Å². The van der Waals surface area contributed by atoms with Gasteiger partial charge in [-0.05, 0) is 49.5 Å². The van der Waals surface area contributed by atoms with E-state index in [1.54, 1.807) is 5.01 Å². The molecule has 29 heavy (non-hydrogen) atoms. The predicted molar refractivity (Wildman–Crippen MR) is 118 cm³/mol. The fraction of sp³-hybridized carbons (Fsp3) is 0.391. The van der Waals surface area contributed by atoms with Gasteiger partial charge in [0.1, 0.15) is 0 Å². The molecule has 1 saturated heterocycles. The lowest BCUT2D eigenvalue weighted by molar-refractivity contribution is -0.134. The smallest absolute Gasteiger partial charge is 0.257 e. The van der Waals surface area contributed by atoms with E-state index in [2.05, 4.69) is 11.8 Å². The van der Waals surface area contributed by atoms with Gasteiger partial charge < -0.3 is 0 Å². The Kier molecular flexibility index (Phi) is 6.23. The highest BCUT2D eigenvalue weighted by molar-refractivity contribution is 6.34. The molecule has 2 heterocycles. The summed E-state index contributed by atoms with van der Waals surface area (Å²) in [5.41, 5.74) is 2.61. The standard InChI is InChI=1S/C23H25Cl2N3O/c1-16-10-12-27(13-11-16)15-23(29)28-22(18-7-3-5-9-20(18)25)14-21(26-28)17-6-2-4-8-19(17)24/h2-9,16,22H,10-15H2,1H3. The number of nitrogens with zero attached hydrogens (tertiary/aromatic N) is 3. The second kappa shape index (κ2) is 8.86. The van der Waals surface area contributed by atoms with Crippen molar-refractivity contribution in [2.75, 3.05) is 19.6 Å². The van der Waals surface area contributed by atoms with Crippen molar-refractivity contribution in [2.45, 2.75) is 32.2 Å². The number of carbonyl (C=O) groups is 1. The molecule has 1 fully saturated rings. The zero-order chi connectivity index (χ0) is 20.4. The van der Waals surface area contributed by atoms with Gasteiger partial charge in [-0.3, -0.25) is 9.69 Å². The number of benzene rings is 2. The molecule has 0 N–H and O–H groups in total. The molecule has 1 amide bonds. The topological polar surface area (TPSA) is 35.9 Å². The molecule has 0 aliphatic carbocycles. The first kappa shape index (κ1) is 20.4. The molecule has 6 heteroatoms. The van der Waals surface area contributed by atoms with E-state index in [1.165, 1.54) is 0 Å². The van der Waals surface area contributed by atoms with Gasteiger partial charge in [0.25, 0.3) is 5.91 Å². The van der Waals surface area contributed by atoms with Crippen LogP contribution in [-0.2, 0) is 4.79 Å². The summed E-state index contributed by atoms with van der Waals surface area (Å²) in [6, 6.07) is 15.1. The summed E-state index contributed by atoms with van der Waals surface area (Å²) >= 11 is 12.9. The Hall–Kier alpha value is -1.88. The molecule has 0 saturated carbocycles. The van der Waals surface area contributed by atoms with E-state index in [1.807, 2.05) is 48.5 Å². The van der Waals surface area contributed by atoms with Crippen LogP contribution in [0.1, 0.15) is 43.4 Å². The van der Waals surface area contributed by atoms with Crippen LogP contribution in [-0.4, -0.2) is 41.2 Å². The predicted octanol–water partition coefficient (Wildman–Crippen LogP) is 5.40. The largest absolute Gasteiger partial charge is 0.294 e. The lowest BCUT2D eigenvalue weighted by atomic mass is 9.98. The normalized spacial score (nSPS) is 20.7. The summed E-state index contributed by atoms with van der Waals surface area (Å²) in [6.07, 6.45) is 2.86. The fourth-order valence-electron chi connectivity index (χ4n) is 4.07. The number of likely N-dealkylation sites (tertiary alicyclic amines) is 1. The van der Waals surface area contributed by atoms with Crippen molar-refractivity contribution < 1.29 is 4.79 Å². The molecule has 152 valence electrons. The first-order valence-electron chi connectivity index (χ1n) is 10.1. The molecule has 0 bridgehead atoms. The Morgan fingerprint density at radius 3 is 2.38 bits per heavy atom. The van der Waals surface area contributed by atoms with E-state index in [0.29, 0.717) is 23.0 Å². The number of hydrazone groups is 1. The maximum Gasteiger partial charge on any atom is 0.257 e. The van der Waals surface area contributed by atoms with Crippen LogP contribution in [0.5, 0.6) is 0 Å². The number of rotatable bonds is 4. The van der Waals surface area contributed by atoms with Crippen LogP contribution < -0.4 is 0 Å². The van der Waals surface area contributed by atoms with Crippen molar-refractivity contribution in [3.8, 4) is 0 Å². The Bertz CT molecular complexity index is 922. The maximum atomic E-state index is 13.3. The van der Waals surface area contributed by atoms with Gasteiger partial charge in [-0.1, -0.05) is 66.5 Å². The van der Waals surface area contributed by atoms with Gasteiger partial charge in [-0.15, -0.1) is 0 Å². The summed E-state index contributed by atoms with van der Waals surface area (Å²) < 4.78 is 0. The quantitative estimate of drug-likeness (QED) is 0.651. The van der Waals surface area contributed by atoms with Crippen molar-refractivity contribution >= 4 is 34.8 Å². The summed E-state index contributed by atoms with van der Waals surface area (Å²) in [5, 5.41) is 7.64. The SMILES string of the molecule is CC1CCN(CC(=O)N2N=C(c3ccccc3Cl)CC2c2ccccc2Cl)CC1. The van der Waals surface area contributed by atoms with Gasteiger partial charge in [-0.25, -0.2) is 5.01 Å². The number of carbonyl (C=O) groups excluding carboxylic acids is 1. The molecular weight excluding hydrogens is 405 g/mol. The van der Waals surface area contributed by atoms with Crippen LogP contribution in [0.4, 0.5) is 0 Å². The van der Waals surface area contributed by atoms with E-state index in [0.717, 1.165) is 48.7 Å². The first-order valence-corrected chi connectivity index (χ1v) is 10.9. The van der Waals surface area contributed by atoms with E-state index in [9.17, 15) is 4.79 Å². The summed E-state index contributed by atoms with van der Waals surface area (Å²) in [6.45, 7) is 4.57. The van der Waals surface area contributed by atoms with Crippen LogP contribution in [0.2, 0.25) is 10.0 Å². The highest BCUT2D eigenvalue weighted by Gasteiger charge is 2.35. The Balaban J connectivity index is 1.61. The Morgan fingerprint density at radius 1 is 1.03 bits per heavy atom. The third-order valence-electron chi connectivity index (χ3n) is 5.85. The van der Waals surface area contributed by atoms with Crippen molar-refractivity contribution in [1.82, 2.24) is 9.91 Å². The first-order chi connectivity index (χ1) is 14.0. The second-order valence-corrected chi connectivity index (χ2v) is 8.78. The monoisotopic (exact) mass is 429 g/mol. The molecule has 4 rings (SSSR count). The molecule has 2 aromatic rings. The molecular formula is C23H25Cl2N3O. The summed E-state index contributed by atoms with van der Waals surface area (Å²) in [4.78, 5) is 15.5. The molecule has 0 radical (unpaired) electrons. The number of hydrogen-bond donors (Lipinski definition) is 0. The second-order valence-electron chi connectivity index (χ2n) is 7.96. The molecule has 2 aliphatic rings. The van der Waals surface area contributed by atoms with Gasteiger partial charge in [0.15, 0.2) is 0 Å². The third kappa shape index (κ3) is 4.50. The van der Waals surface area contributed by atoms with Gasteiger partial charge >= 0.3 is 0 Å². The van der Waals surface area contributed by atoms with Gasteiger partial charge in [0.05, 0.1) is 18.3 Å². The highest BCUT2D eigenvalue weighted by atomic mass is 35.5. The average Bonchev–Trinajstić information content (AvgIpc) is 3.15. The van der Waals surface area contributed by atoms with Gasteiger partial charge in [-0.2, -0.15) is 5.10 Å². The minimum absolute atomic E-state index is 0.00604.